The number of benzene rings is 2. The van der Waals surface area contributed by atoms with Gasteiger partial charge in [0, 0.05) is 29.4 Å². The van der Waals surface area contributed by atoms with E-state index in [1.54, 1.807) is 36.4 Å². The summed E-state index contributed by atoms with van der Waals surface area (Å²) in [7, 11) is 0. The zero-order chi connectivity index (χ0) is 29.0. The molecule has 0 spiro atoms. The standard InChI is InChI=1S/C28H29ClF4N4O3/c29-15-37-23-19(8-4-10-21(23)30)22(17-6-2-1-3-7-17)35-25(27(37)40)36-26(39)18(9-5-13-28(31,32)33)20(24(34)38)14-16-11-12-16/h1-4,6-8,10,16,18,20,25H,5,9,11-15H2,(H2,34,38)(H,36,39). The van der Waals surface area contributed by atoms with Gasteiger partial charge in [-0.15, -0.1) is 11.6 Å². The van der Waals surface area contributed by atoms with E-state index in [4.69, 9.17) is 17.3 Å². The Morgan fingerprint density at radius 3 is 2.40 bits per heavy atom. The van der Waals surface area contributed by atoms with Crippen molar-refractivity contribution in [2.24, 2.45) is 28.5 Å². The largest absolute Gasteiger partial charge is 0.389 e. The molecule has 40 heavy (non-hydrogen) atoms. The molecule has 3 amide bonds. The van der Waals surface area contributed by atoms with Gasteiger partial charge in [0.2, 0.25) is 18.0 Å². The second kappa shape index (κ2) is 12.4. The molecule has 2 aliphatic rings. The van der Waals surface area contributed by atoms with Crippen LogP contribution in [0.15, 0.2) is 53.5 Å². The van der Waals surface area contributed by atoms with Crippen molar-refractivity contribution < 1.29 is 31.9 Å². The van der Waals surface area contributed by atoms with Crippen LogP contribution in [0.5, 0.6) is 0 Å². The number of hydrogen-bond donors (Lipinski definition) is 2. The van der Waals surface area contributed by atoms with Crippen LogP contribution in [0, 0.1) is 23.6 Å². The van der Waals surface area contributed by atoms with Crippen LogP contribution in [-0.4, -0.2) is 41.8 Å². The van der Waals surface area contributed by atoms with Gasteiger partial charge in [-0.05, 0) is 31.2 Å². The Kier molecular flexibility index (Phi) is 9.12. The molecule has 0 saturated heterocycles. The summed E-state index contributed by atoms with van der Waals surface area (Å²) in [5.41, 5.74) is 6.49. The minimum Gasteiger partial charge on any atom is -0.369 e. The second-order valence-electron chi connectivity index (χ2n) is 10.1. The van der Waals surface area contributed by atoms with E-state index in [0.29, 0.717) is 5.56 Å². The number of nitrogens with two attached hydrogens (primary N) is 1. The van der Waals surface area contributed by atoms with E-state index in [0.717, 1.165) is 17.7 Å². The van der Waals surface area contributed by atoms with E-state index < -0.39 is 66.6 Å². The molecular formula is C28H29ClF4N4O3. The number of amides is 3. The molecule has 0 aromatic heterocycles. The van der Waals surface area contributed by atoms with Gasteiger partial charge in [-0.25, -0.2) is 9.38 Å². The van der Waals surface area contributed by atoms with Gasteiger partial charge in [-0.2, -0.15) is 13.2 Å². The van der Waals surface area contributed by atoms with E-state index in [9.17, 15) is 27.6 Å². The fraction of sp³-hybridized carbons (Fsp3) is 0.429. The van der Waals surface area contributed by atoms with Crippen LogP contribution in [0.2, 0.25) is 0 Å². The second-order valence-corrected chi connectivity index (χ2v) is 10.3. The molecule has 2 aromatic rings. The van der Waals surface area contributed by atoms with Gasteiger partial charge in [-0.3, -0.25) is 19.3 Å². The Morgan fingerprint density at radius 2 is 1.80 bits per heavy atom. The van der Waals surface area contributed by atoms with E-state index in [-0.39, 0.29) is 35.7 Å². The fourth-order valence-corrected chi connectivity index (χ4v) is 5.24. The van der Waals surface area contributed by atoms with E-state index >= 15 is 4.39 Å². The predicted molar refractivity (Wildman–Crippen MR) is 142 cm³/mol. The number of carbonyl (C=O) groups is 3. The zero-order valence-electron chi connectivity index (χ0n) is 21.5. The molecule has 3 N–H and O–H groups in total. The normalized spacial score (nSPS) is 18.8. The molecular weight excluding hydrogens is 552 g/mol. The minimum atomic E-state index is -4.44. The number of para-hydroxylation sites is 1. The van der Waals surface area contributed by atoms with Gasteiger partial charge in [-0.1, -0.05) is 55.3 Å². The maximum absolute atomic E-state index is 15.1. The van der Waals surface area contributed by atoms with E-state index in [2.05, 4.69) is 10.3 Å². The Hall–Kier alpha value is -3.47. The van der Waals surface area contributed by atoms with Crippen molar-refractivity contribution >= 4 is 40.7 Å². The van der Waals surface area contributed by atoms with Crippen molar-refractivity contribution in [1.29, 1.82) is 0 Å². The number of rotatable bonds is 11. The van der Waals surface area contributed by atoms with Crippen LogP contribution >= 0.6 is 11.6 Å². The Morgan fingerprint density at radius 1 is 1.10 bits per heavy atom. The lowest BCUT2D eigenvalue weighted by atomic mass is 9.82. The van der Waals surface area contributed by atoms with Gasteiger partial charge >= 0.3 is 6.18 Å². The van der Waals surface area contributed by atoms with E-state index in [1.165, 1.54) is 12.1 Å². The summed E-state index contributed by atoms with van der Waals surface area (Å²) in [5, 5.41) is 2.52. The minimum absolute atomic E-state index is 0.118. The van der Waals surface area contributed by atoms with Crippen molar-refractivity contribution in [2.75, 3.05) is 10.9 Å². The van der Waals surface area contributed by atoms with Crippen molar-refractivity contribution in [3.05, 3.63) is 65.5 Å². The van der Waals surface area contributed by atoms with Crippen LogP contribution in [0.1, 0.15) is 49.7 Å². The number of alkyl halides is 4. The third-order valence-corrected chi connectivity index (χ3v) is 7.40. The maximum atomic E-state index is 15.1. The van der Waals surface area contributed by atoms with Gasteiger partial charge in [0.05, 0.1) is 11.4 Å². The summed E-state index contributed by atoms with van der Waals surface area (Å²) in [6, 6.07) is 12.3. The van der Waals surface area contributed by atoms with Crippen LogP contribution in [0.3, 0.4) is 0 Å². The molecule has 3 atom stereocenters. The third kappa shape index (κ3) is 6.99. The number of nitrogens with one attached hydrogen (secondary N) is 1. The van der Waals surface area contributed by atoms with E-state index in [1.807, 2.05) is 0 Å². The van der Waals surface area contributed by atoms with Crippen LogP contribution in [0.25, 0.3) is 0 Å². The van der Waals surface area contributed by atoms with Gasteiger partial charge in [0.25, 0.3) is 5.91 Å². The molecule has 7 nitrogen and oxygen atoms in total. The highest BCUT2D eigenvalue weighted by Crippen LogP contribution is 2.39. The lowest BCUT2D eigenvalue weighted by Gasteiger charge is -2.27. The average molecular weight is 581 g/mol. The first-order valence-electron chi connectivity index (χ1n) is 13.0. The molecule has 1 aliphatic heterocycles. The predicted octanol–water partition coefficient (Wildman–Crippen LogP) is 4.90. The number of anilines is 1. The number of hydrogen-bond acceptors (Lipinski definition) is 4. The molecule has 0 bridgehead atoms. The Balaban J connectivity index is 1.71. The van der Waals surface area contributed by atoms with Gasteiger partial charge in [0.1, 0.15) is 11.8 Å². The summed E-state index contributed by atoms with van der Waals surface area (Å²) in [6.07, 6.45) is -5.91. The van der Waals surface area contributed by atoms with Gasteiger partial charge < -0.3 is 11.1 Å². The summed E-state index contributed by atoms with van der Waals surface area (Å²) >= 11 is 6.08. The first-order valence-corrected chi connectivity index (χ1v) is 13.5. The van der Waals surface area contributed by atoms with Crippen molar-refractivity contribution in [3.8, 4) is 0 Å². The molecule has 1 aliphatic carbocycles. The zero-order valence-corrected chi connectivity index (χ0v) is 22.2. The Labute approximate surface area is 233 Å². The smallest absolute Gasteiger partial charge is 0.369 e. The number of benzodiazepines with no additional fused rings is 1. The van der Waals surface area contributed by atoms with Crippen molar-refractivity contribution in [1.82, 2.24) is 5.32 Å². The summed E-state index contributed by atoms with van der Waals surface area (Å²) in [4.78, 5) is 45.0. The molecule has 3 unspecified atom stereocenters. The topological polar surface area (TPSA) is 105 Å². The third-order valence-electron chi connectivity index (χ3n) is 7.16. The van der Waals surface area contributed by atoms with Crippen LogP contribution in [-0.2, 0) is 14.4 Å². The number of carbonyl (C=O) groups excluding carboxylic acids is 3. The van der Waals surface area contributed by atoms with Crippen molar-refractivity contribution in [3.63, 3.8) is 0 Å². The first-order chi connectivity index (χ1) is 19.0. The van der Waals surface area contributed by atoms with Gasteiger partial charge in [0.15, 0.2) is 0 Å². The molecule has 1 heterocycles. The maximum Gasteiger partial charge on any atom is 0.389 e. The molecule has 2 aromatic carbocycles. The highest BCUT2D eigenvalue weighted by atomic mass is 35.5. The Bertz CT molecular complexity index is 1280. The lowest BCUT2D eigenvalue weighted by Crippen LogP contribution is -2.50. The van der Waals surface area contributed by atoms with Crippen LogP contribution < -0.4 is 16.0 Å². The number of fused-ring (bicyclic) bond motifs is 1. The highest BCUT2D eigenvalue weighted by molar-refractivity contribution is 6.25. The van der Waals surface area contributed by atoms with Crippen molar-refractivity contribution in [2.45, 2.75) is 50.9 Å². The SMILES string of the molecule is NC(=O)C(CC1CC1)C(CCCC(F)(F)F)C(=O)NC1N=C(c2ccccc2)c2cccc(F)c2N(CCl)C1=O. The molecule has 0 radical (unpaired) electrons. The molecule has 1 fully saturated rings. The first kappa shape index (κ1) is 29.5. The number of aliphatic imine (C=N–C) groups is 1. The average Bonchev–Trinajstić information content (AvgIpc) is 3.74. The summed E-state index contributed by atoms with van der Waals surface area (Å²) in [6.45, 7) is 0. The number of primary amides is 1. The molecule has 4 rings (SSSR count). The number of nitrogens with zero attached hydrogens (tertiary/aromatic N) is 2. The fourth-order valence-electron chi connectivity index (χ4n) is 5.00. The lowest BCUT2D eigenvalue weighted by molar-refractivity contribution is -0.140. The highest BCUT2D eigenvalue weighted by Gasteiger charge is 2.40. The number of halogens is 5. The monoisotopic (exact) mass is 580 g/mol. The molecule has 1 saturated carbocycles. The van der Waals surface area contributed by atoms with Crippen LogP contribution in [0.4, 0.5) is 23.2 Å². The molecule has 12 heteroatoms. The quantitative estimate of drug-likeness (QED) is 0.224. The summed E-state index contributed by atoms with van der Waals surface area (Å²) in [5.74, 6) is -5.27. The summed E-state index contributed by atoms with van der Waals surface area (Å²) < 4.78 is 53.8. The molecule has 214 valence electrons.